The lowest BCUT2D eigenvalue weighted by Gasteiger charge is -2.19. The van der Waals surface area contributed by atoms with E-state index < -0.39 is 5.97 Å². The molecule has 0 radical (unpaired) electrons. The van der Waals surface area contributed by atoms with Crippen LogP contribution >= 0.6 is 23.2 Å². The van der Waals surface area contributed by atoms with Crippen molar-refractivity contribution in [3.63, 3.8) is 0 Å². The van der Waals surface area contributed by atoms with Gasteiger partial charge in [0.25, 0.3) is 0 Å². The number of aliphatic carboxylic acids is 1. The summed E-state index contributed by atoms with van der Waals surface area (Å²) in [4.78, 5) is 15.8. The van der Waals surface area contributed by atoms with Gasteiger partial charge in [0.05, 0.1) is 49.5 Å². The molecule has 5 aromatic rings. The lowest BCUT2D eigenvalue weighted by atomic mass is 9.96. The molecular weight excluding hydrogens is 675 g/mol. The fourth-order valence-electron chi connectivity index (χ4n) is 7.32. The zero-order chi connectivity index (χ0) is 34.9. The number of aromatic nitrogens is 2. The number of β-amino-alcohol motifs (C(OH)–C–C–N with tert-alkyl or cyclic N) is 1. The number of likely N-dealkylation sites (tertiary alicyclic amines) is 2. The Balaban J connectivity index is 1.15. The van der Waals surface area contributed by atoms with E-state index in [2.05, 4.69) is 28.0 Å². The van der Waals surface area contributed by atoms with E-state index in [1.54, 1.807) is 14.2 Å². The molecule has 11 heteroatoms. The quantitative estimate of drug-likeness (QED) is 0.148. The number of carboxylic acid groups (broad SMARTS) is 1. The van der Waals surface area contributed by atoms with E-state index in [4.69, 9.17) is 37.8 Å². The van der Waals surface area contributed by atoms with Gasteiger partial charge in [0.1, 0.15) is 11.5 Å². The van der Waals surface area contributed by atoms with Crippen molar-refractivity contribution < 1.29 is 24.5 Å². The van der Waals surface area contributed by atoms with Gasteiger partial charge in [-0.1, -0.05) is 65.7 Å². The van der Waals surface area contributed by atoms with E-state index in [1.807, 2.05) is 59.4 Å². The fourth-order valence-corrected chi connectivity index (χ4v) is 7.90. The molecule has 0 aliphatic carbocycles. The van der Waals surface area contributed by atoms with E-state index in [-0.39, 0.29) is 12.0 Å². The molecular formula is C39H40Cl2N4O5. The van der Waals surface area contributed by atoms with E-state index in [0.717, 1.165) is 81.7 Å². The van der Waals surface area contributed by atoms with Gasteiger partial charge in [-0.3, -0.25) is 19.3 Å². The summed E-state index contributed by atoms with van der Waals surface area (Å²) in [5, 5.41) is 26.3. The molecule has 0 unspecified atom stereocenters. The first-order chi connectivity index (χ1) is 24.2. The van der Waals surface area contributed by atoms with Gasteiger partial charge in [0.2, 0.25) is 0 Å². The highest BCUT2D eigenvalue weighted by atomic mass is 35.5. The SMILES string of the molecule is COc1cc(-c2cccc(-c3cccc4c3cnn4Cc3cc(OC)c(CN4CC[C@@H](C(=O)O)C4)cc3Cl)c2Cl)ccc1CN1CC[C@@H](O)C1. The summed E-state index contributed by atoms with van der Waals surface area (Å²) in [6.45, 7) is 4.50. The number of fused-ring (bicyclic) bond motifs is 1. The Labute approximate surface area is 301 Å². The van der Waals surface area contributed by atoms with Crippen molar-refractivity contribution in [1.29, 1.82) is 0 Å². The largest absolute Gasteiger partial charge is 0.496 e. The van der Waals surface area contributed by atoms with Crippen molar-refractivity contribution in [3.8, 4) is 33.8 Å². The normalized spacial score (nSPS) is 18.3. The minimum atomic E-state index is -0.751. The van der Waals surface area contributed by atoms with Crippen LogP contribution in [0.4, 0.5) is 0 Å². The number of aliphatic hydroxyl groups excluding tert-OH is 1. The monoisotopic (exact) mass is 714 g/mol. The second kappa shape index (κ2) is 14.6. The molecule has 0 amide bonds. The van der Waals surface area contributed by atoms with Gasteiger partial charge in [-0.05, 0) is 60.3 Å². The summed E-state index contributed by atoms with van der Waals surface area (Å²) in [6.07, 6.45) is 3.03. The minimum Gasteiger partial charge on any atom is -0.496 e. The highest BCUT2D eigenvalue weighted by molar-refractivity contribution is 6.36. The van der Waals surface area contributed by atoms with Crippen molar-refractivity contribution in [2.75, 3.05) is 40.4 Å². The smallest absolute Gasteiger partial charge is 0.307 e. The third-order valence-electron chi connectivity index (χ3n) is 10.0. The Kier molecular flexibility index (Phi) is 10.0. The van der Waals surface area contributed by atoms with Crippen LogP contribution in [0, 0.1) is 5.92 Å². The van der Waals surface area contributed by atoms with Crippen LogP contribution in [0.2, 0.25) is 10.0 Å². The van der Waals surface area contributed by atoms with Gasteiger partial charge in [-0.15, -0.1) is 0 Å². The Morgan fingerprint density at radius 3 is 2.26 bits per heavy atom. The second-order valence-electron chi connectivity index (χ2n) is 13.2. The summed E-state index contributed by atoms with van der Waals surface area (Å²) in [5.41, 5.74) is 7.54. The summed E-state index contributed by atoms with van der Waals surface area (Å²) >= 11 is 14.0. The molecule has 4 aromatic carbocycles. The fraction of sp³-hybridized carbons (Fsp3) is 0.333. The third-order valence-corrected chi connectivity index (χ3v) is 10.8. The van der Waals surface area contributed by atoms with Crippen molar-refractivity contribution in [2.45, 2.75) is 38.6 Å². The van der Waals surface area contributed by atoms with Crippen molar-refractivity contribution >= 4 is 40.1 Å². The topological polar surface area (TPSA) is 100 Å². The first kappa shape index (κ1) is 34.3. The third kappa shape index (κ3) is 6.93. The molecule has 9 nitrogen and oxygen atoms in total. The molecule has 2 N–H and O–H groups in total. The zero-order valence-corrected chi connectivity index (χ0v) is 29.6. The van der Waals surface area contributed by atoms with Crippen LogP contribution in [0.15, 0.2) is 72.9 Å². The molecule has 2 saturated heterocycles. The molecule has 0 bridgehead atoms. The summed E-state index contributed by atoms with van der Waals surface area (Å²) < 4.78 is 13.5. The van der Waals surface area contributed by atoms with Crippen LogP contribution in [0.5, 0.6) is 11.5 Å². The zero-order valence-electron chi connectivity index (χ0n) is 28.1. The standard InChI is InChI=1S/C39H40Cl2N4O5/c1-49-36-16-24(9-10-25(36)19-44-14-12-29(46)23-44)30-5-3-7-32(38(30)41)31-6-4-8-35-33(31)18-42-45(35)22-27-17-37(50-2)28(15-34(27)40)21-43-13-11-26(20-43)39(47)48/h3-10,15-18,26,29,46H,11-14,19-23H2,1-2H3,(H,47,48)/t26-,29-/m1/s1. The van der Waals surface area contributed by atoms with Crippen LogP contribution in [0.1, 0.15) is 29.5 Å². The maximum absolute atomic E-state index is 11.4. The van der Waals surface area contributed by atoms with Gasteiger partial charge in [0, 0.05) is 65.4 Å². The van der Waals surface area contributed by atoms with Gasteiger partial charge in [-0.25, -0.2) is 0 Å². The second-order valence-corrected chi connectivity index (χ2v) is 14.0. The molecule has 2 atom stereocenters. The first-order valence-corrected chi connectivity index (χ1v) is 17.6. The highest BCUT2D eigenvalue weighted by Crippen LogP contribution is 2.41. The van der Waals surface area contributed by atoms with E-state index in [9.17, 15) is 15.0 Å². The number of carbonyl (C=O) groups is 1. The van der Waals surface area contributed by atoms with Crippen LogP contribution < -0.4 is 9.47 Å². The predicted molar refractivity (Wildman–Crippen MR) is 196 cm³/mol. The molecule has 1 aromatic heterocycles. The Bertz CT molecular complexity index is 2050. The first-order valence-electron chi connectivity index (χ1n) is 16.8. The predicted octanol–water partition coefficient (Wildman–Crippen LogP) is 7.22. The number of benzene rings is 4. The number of rotatable bonds is 11. The number of halogens is 2. The summed E-state index contributed by atoms with van der Waals surface area (Å²) in [7, 11) is 3.32. The van der Waals surface area contributed by atoms with Crippen LogP contribution in [-0.2, 0) is 24.4 Å². The number of ether oxygens (including phenoxy) is 2. The highest BCUT2D eigenvalue weighted by Gasteiger charge is 2.29. The maximum Gasteiger partial charge on any atom is 0.307 e. The number of hydrogen-bond donors (Lipinski definition) is 2. The Morgan fingerprint density at radius 2 is 1.52 bits per heavy atom. The van der Waals surface area contributed by atoms with Gasteiger partial charge in [0.15, 0.2) is 0 Å². The molecule has 3 heterocycles. The number of hydrogen-bond acceptors (Lipinski definition) is 7. The van der Waals surface area contributed by atoms with E-state index >= 15 is 0 Å². The lowest BCUT2D eigenvalue weighted by molar-refractivity contribution is -0.141. The van der Waals surface area contributed by atoms with Gasteiger partial charge < -0.3 is 19.7 Å². The van der Waals surface area contributed by atoms with Crippen molar-refractivity contribution in [1.82, 2.24) is 19.6 Å². The Morgan fingerprint density at radius 1 is 0.820 bits per heavy atom. The van der Waals surface area contributed by atoms with Crippen molar-refractivity contribution in [3.05, 3.63) is 99.7 Å². The van der Waals surface area contributed by atoms with E-state index in [1.165, 1.54) is 0 Å². The number of aliphatic hydroxyl groups is 1. The van der Waals surface area contributed by atoms with Crippen LogP contribution in [0.3, 0.4) is 0 Å². The van der Waals surface area contributed by atoms with Crippen LogP contribution in [-0.4, -0.2) is 82.3 Å². The summed E-state index contributed by atoms with van der Waals surface area (Å²) in [5.74, 6) is 0.408. The van der Waals surface area contributed by atoms with Crippen LogP contribution in [0.25, 0.3) is 33.2 Å². The number of methoxy groups -OCH3 is 2. The number of nitrogens with zero attached hydrogens (tertiary/aromatic N) is 4. The maximum atomic E-state index is 11.4. The molecule has 2 aliphatic rings. The minimum absolute atomic E-state index is 0.269. The van der Waals surface area contributed by atoms with E-state index in [0.29, 0.717) is 48.4 Å². The average molecular weight is 716 g/mol. The van der Waals surface area contributed by atoms with Gasteiger partial charge >= 0.3 is 5.97 Å². The van der Waals surface area contributed by atoms with Gasteiger partial charge in [-0.2, -0.15) is 5.10 Å². The molecule has 2 fully saturated rings. The molecule has 0 spiro atoms. The number of carboxylic acids is 1. The molecule has 260 valence electrons. The lowest BCUT2D eigenvalue weighted by Crippen LogP contribution is -2.23. The van der Waals surface area contributed by atoms with Crippen molar-refractivity contribution in [2.24, 2.45) is 5.92 Å². The average Bonchev–Trinajstić information content (AvgIpc) is 3.86. The summed E-state index contributed by atoms with van der Waals surface area (Å²) in [6, 6.07) is 22.3. The Hall–Kier alpha value is -4.12. The molecule has 7 rings (SSSR count). The molecule has 50 heavy (non-hydrogen) atoms. The molecule has 0 saturated carbocycles. The molecule has 2 aliphatic heterocycles.